The Morgan fingerprint density at radius 2 is 1.82 bits per heavy atom. The lowest BCUT2D eigenvalue weighted by atomic mass is 9.86. The van der Waals surface area contributed by atoms with Crippen molar-refractivity contribution >= 4 is 44.6 Å². The fourth-order valence-electron chi connectivity index (χ4n) is 5.05. The van der Waals surface area contributed by atoms with Crippen LogP contribution in [-0.2, 0) is 9.84 Å². The van der Waals surface area contributed by atoms with E-state index in [9.17, 15) is 8.42 Å². The van der Waals surface area contributed by atoms with Gasteiger partial charge in [0.05, 0.1) is 29.9 Å². The highest BCUT2D eigenvalue weighted by Gasteiger charge is 2.26. The molecule has 4 rings (SSSR count). The third kappa shape index (κ3) is 6.85. The molecular weight excluding hydrogens is 548 g/mol. The number of likely N-dealkylation sites (tertiary alicyclic amines) is 1. The summed E-state index contributed by atoms with van der Waals surface area (Å²) in [6, 6.07) is 7.47. The summed E-state index contributed by atoms with van der Waals surface area (Å²) >= 11 is 6.39. The van der Waals surface area contributed by atoms with E-state index in [4.69, 9.17) is 16.3 Å². The van der Waals surface area contributed by atoms with Crippen molar-refractivity contribution in [2.75, 3.05) is 37.4 Å². The van der Waals surface area contributed by atoms with Crippen LogP contribution < -0.4 is 15.4 Å². The van der Waals surface area contributed by atoms with E-state index in [1.807, 2.05) is 0 Å². The summed E-state index contributed by atoms with van der Waals surface area (Å²) < 4.78 is 31.4. The number of aromatic nitrogens is 3. The average molecular weight is 587 g/mol. The zero-order chi connectivity index (χ0) is 29.0. The van der Waals surface area contributed by atoms with Crippen LogP contribution in [-0.4, -0.2) is 60.3 Å². The number of nitrogens with one attached hydrogen (secondary N) is 2. The molecule has 0 saturated carbocycles. The van der Waals surface area contributed by atoms with Crippen molar-refractivity contribution in [3.05, 3.63) is 52.8 Å². The number of piperidine rings is 1. The van der Waals surface area contributed by atoms with Gasteiger partial charge in [0.15, 0.2) is 20.7 Å². The summed E-state index contributed by atoms with van der Waals surface area (Å²) in [5, 5.41) is 5.84. The summed E-state index contributed by atoms with van der Waals surface area (Å²) in [5.74, 6) is 2.42. The second-order valence-corrected chi connectivity index (χ2v) is 13.8. The standard InChI is InChI=1S/C29H39ClN6O3S/c1-18(2)17-36-12-9-21(10-13-36)22-15-26(39-6)25(14-20(22)5)34-29-32-16-23(30)27(35-29)33-24-8-7-11-31-28(24)40(37,38)19(3)4/h7-8,11,14-16,18-19,21H,9-10,12-13,17H2,1-6H3,(H2,32,33,34,35). The second kappa shape index (κ2) is 12.7. The van der Waals surface area contributed by atoms with E-state index in [-0.39, 0.29) is 21.8 Å². The minimum atomic E-state index is -3.63. The van der Waals surface area contributed by atoms with Crippen molar-refractivity contribution in [1.82, 2.24) is 19.9 Å². The molecule has 9 nitrogen and oxygen atoms in total. The molecule has 2 N–H and O–H groups in total. The normalized spacial score (nSPS) is 15.0. The average Bonchev–Trinajstić information content (AvgIpc) is 2.91. The molecule has 0 amide bonds. The summed E-state index contributed by atoms with van der Waals surface area (Å²) in [7, 11) is -1.98. The number of methoxy groups -OCH3 is 1. The summed E-state index contributed by atoms with van der Waals surface area (Å²) in [4.78, 5) is 15.5. The third-order valence-electron chi connectivity index (χ3n) is 7.14. The zero-order valence-corrected chi connectivity index (χ0v) is 25.6. The molecular formula is C29H39ClN6O3S. The predicted molar refractivity (Wildman–Crippen MR) is 161 cm³/mol. The molecule has 11 heteroatoms. The lowest BCUT2D eigenvalue weighted by molar-refractivity contribution is 0.192. The quantitative estimate of drug-likeness (QED) is 0.281. The SMILES string of the molecule is COc1cc(C2CCN(CC(C)C)CC2)c(C)cc1Nc1ncc(Cl)c(Nc2cccnc2S(=O)(=O)C(C)C)n1. The van der Waals surface area contributed by atoms with Crippen molar-refractivity contribution < 1.29 is 13.2 Å². The molecule has 2 aromatic heterocycles. The van der Waals surface area contributed by atoms with Crippen LogP contribution in [0.1, 0.15) is 57.6 Å². The first kappa shape index (κ1) is 30.0. The Balaban J connectivity index is 1.56. The van der Waals surface area contributed by atoms with Gasteiger partial charge in [-0.2, -0.15) is 4.98 Å². The van der Waals surface area contributed by atoms with E-state index in [0.717, 1.165) is 38.2 Å². The van der Waals surface area contributed by atoms with Crippen molar-refractivity contribution in [1.29, 1.82) is 0 Å². The molecule has 0 unspecified atom stereocenters. The number of aryl methyl sites for hydroxylation is 1. The van der Waals surface area contributed by atoms with Gasteiger partial charge in [-0.1, -0.05) is 25.4 Å². The van der Waals surface area contributed by atoms with Crippen LogP contribution in [0, 0.1) is 12.8 Å². The maximum Gasteiger partial charge on any atom is 0.229 e. The maximum absolute atomic E-state index is 12.8. The van der Waals surface area contributed by atoms with Gasteiger partial charge in [-0.05, 0) is 93.9 Å². The van der Waals surface area contributed by atoms with E-state index >= 15 is 0 Å². The number of nitrogens with zero attached hydrogens (tertiary/aromatic N) is 4. The fraction of sp³-hybridized carbons (Fsp3) is 0.483. The number of benzene rings is 1. The first-order valence-electron chi connectivity index (χ1n) is 13.7. The van der Waals surface area contributed by atoms with Gasteiger partial charge in [-0.15, -0.1) is 0 Å². The minimum Gasteiger partial charge on any atom is -0.495 e. The van der Waals surface area contributed by atoms with Gasteiger partial charge in [0.25, 0.3) is 0 Å². The molecule has 1 saturated heterocycles. The van der Waals surface area contributed by atoms with E-state index in [2.05, 4.69) is 63.4 Å². The smallest absolute Gasteiger partial charge is 0.229 e. The summed E-state index contributed by atoms with van der Waals surface area (Å²) in [6.07, 6.45) is 5.16. The Morgan fingerprint density at radius 1 is 1.10 bits per heavy atom. The fourth-order valence-corrected chi connectivity index (χ4v) is 6.27. The van der Waals surface area contributed by atoms with Gasteiger partial charge in [-0.25, -0.2) is 18.4 Å². The number of halogens is 1. The van der Waals surface area contributed by atoms with Crippen LogP contribution >= 0.6 is 11.6 Å². The van der Waals surface area contributed by atoms with Crippen LogP contribution in [0.2, 0.25) is 5.02 Å². The maximum atomic E-state index is 12.8. The highest BCUT2D eigenvalue weighted by atomic mass is 35.5. The van der Waals surface area contributed by atoms with Crippen molar-refractivity contribution in [3.63, 3.8) is 0 Å². The van der Waals surface area contributed by atoms with Crippen molar-refractivity contribution in [2.45, 2.75) is 63.7 Å². The van der Waals surface area contributed by atoms with E-state index in [0.29, 0.717) is 23.3 Å². The Morgan fingerprint density at radius 3 is 2.48 bits per heavy atom. The summed E-state index contributed by atoms with van der Waals surface area (Å²) in [5.41, 5.74) is 3.51. The molecule has 0 spiro atoms. The summed E-state index contributed by atoms with van der Waals surface area (Å²) in [6.45, 7) is 13.2. The topological polar surface area (TPSA) is 109 Å². The van der Waals surface area contributed by atoms with Gasteiger partial charge in [0.2, 0.25) is 5.95 Å². The number of hydrogen-bond donors (Lipinski definition) is 2. The van der Waals surface area contributed by atoms with E-state index in [1.165, 1.54) is 23.5 Å². The third-order valence-corrected chi connectivity index (χ3v) is 9.53. The van der Waals surface area contributed by atoms with Crippen molar-refractivity contribution in [3.8, 4) is 5.75 Å². The Kier molecular flexibility index (Phi) is 9.53. The monoisotopic (exact) mass is 586 g/mol. The number of pyridine rings is 1. The van der Waals surface area contributed by atoms with Gasteiger partial charge >= 0.3 is 0 Å². The molecule has 1 fully saturated rings. The molecule has 3 aromatic rings. The van der Waals surface area contributed by atoms with Crippen LogP contribution in [0.25, 0.3) is 0 Å². The molecule has 1 aliphatic heterocycles. The molecule has 0 bridgehead atoms. The Labute approximate surface area is 242 Å². The highest BCUT2D eigenvalue weighted by molar-refractivity contribution is 7.92. The molecule has 1 aromatic carbocycles. The van der Waals surface area contributed by atoms with Crippen LogP contribution in [0.4, 0.5) is 23.1 Å². The van der Waals surface area contributed by atoms with Crippen LogP contribution in [0.15, 0.2) is 41.7 Å². The molecule has 3 heterocycles. The van der Waals surface area contributed by atoms with Gasteiger partial charge in [-0.3, -0.25) is 0 Å². The van der Waals surface area contributed by atoms with E-state index in [1.54, 1.807) is 33.1 Å². The second-order valence-electron chi connectivity index (χ2n) is 11.0. The predicted octanol–water partition coefficient (Wildman–Crippen LogP) is 6.35. The molecule has 216 valence electrons. The lowest BCUT2D eigenvalue weighted by Crippen LogP contribution is -2.35. The molecule has 0 radical (unpaired) electrons. The number of anilines is 4. The number of hydrogen-bond acceptors (Lipinski definition) is 9. The van der Waals surface area contributed by atoms with Gasteiger partial charge < -0.3 is 20.3 Å². The lowest BCUT2D eigenvalue weighted by Gasteiger charge is -2.34. The largest absolute Gasteiger partial charge is 0.495 e. The molecule has 40 heavy (non-hydrogen) atoms. The van der Waals surface area contributed by atoms with Crippen LogP contribution in [0.5, 0.6) is 5.75 Å². The number of ether oxygens (including phenoxy) is 1. The zero-order valence-electron chi connectivity index (χ0n) is 24.0. The van der Waals surface area contributed by atoms with Crippen LogP contribution in [0.3, 0.4) is 0 Å². The molecule has 0 aliphatic carbocycles. The van der Waals surface area contributed by atoms with Crippen molar-refractivity contribution in [2.24, 2.45) is 5.92 Å². The Bertz CT molecular complexity index is 1440. The Hall–Kier alpha value is -2.95. The van der Waals surface area contributed by atoms with Gasteiger partial charge in [0.1, 0.15) is 10.8 Å². The van der Waals surface area contributed by atoms with E-state index < -0.39 is 15.1 Å². The number of rotatable bonds is 10. The molecule has 0 atom stereocenters. The number of sulfone groups is 1. The highest BCUT2D eigenvalue weighted by Crippen LogP contribution is 2.38. The van der Waals surface area contributed by atoms with Gasteiger partial charge in [0, 0.05) is 12.7 Å². The molecule has 1 aliphatic rings. The first-order chi connectivity index (χ1) is 19.0. The first-order valence-corrected chi connectivity index (χ1v) is 15.6. The minimum absolute atomic E-state index is 0.0582.